The average Bonchev–Trinajstić information content (AvgIpc) is 2.58. The molecule has 6 nitrogen and oxygen atoms in total. The van der Waals surface area contributed by atoms with Crippen LogP contribution in [0.25, 0.3) is 6.08 Å². The predicted molar refractivity (Wildman–Crippen MR) is 96.9 cm³/mol. The summed E-state index contributed by atoms with van der Waals surface area (Å²) in [5.41, 5.74) is 0.454. The minimum Gasteiger partial charge on any atom is -0.444 e. The first-order valence-corrected chi connectivity index (χ1v) is 8.59. The first kappa shape index (κ1) is 19.0. The number of aromatic nitrogens is 1. The Hall–Kier alpha value is -2.37. The van der Waals surface area contributed by atoms with Gasteiger partial charge in [-0.05, 0) is 57.4 Å². The highest BCUT2D eigenvalue weighted by molar-refractivity contribution is 5.91. The van der Waals surface area contributed by atoms with E-state index < -0.39 is 5.60 Å². The van der Waals surface area contributed by atoms with Gasteiger partial charge in [-0.1, -0.05) is 0 Å². The molecule has 2 amide bonds. The first-order chi connectivity index (χ1) is 11.8. The van der Waals surface area contributed by atoms with E-state index >= 15 is 0 Å². The Kier molecular flexibility index (Phi) is 6.17. The Balaban J connectivity index is 1.84. The van der Waals surface area contributed by atoms with Crippen LogP contribution in [0.2, 0.25) is 0 Å². The molecule has 1 fully saturated rings. The van der Waals surface area contributed by atoms with E-state index in [4.69, 9.17) is 4.74 Å². The second-order valence-electron chi connectivity index (χ2n) is 7.26. The van der Waals surface area contributed by atoms with Crippen LogP contribution < -0.4 is 0 Å². The zero-order valence-corrected chi connectivity index (χ0v) is 15.4. The molecule has 0 radical (unpaired) electrons. The van der Waals surface area contributed by atoms with E-state index in [1.54, 1.807) is 34.3 Å². The molecule has 6 heteroatoms. The van der Waals surface area contributed by atoms with Gasteiger partial charge in [0.05, 0.1) is 0 Å². The molecule has 2 rings (SSSR count). The maximum atomic E-state index is 12.3. The number of nitrogens with zero attached hydrogens (tertiary/aromatic N) is 3. The summed E-state index contributed by atoms with van der Waals surface area (Å²) in [5.74, 6) is -0.0347. The third-order valence-electron chi connectivity index (χ3n) is 4.14. The lowest BCUT2D eigenvalue weighted by molar-refractivity contribution is -0.127. The van der Waals surface area contributed by atoms with Gasteiger partial charge in [0.1, 0.15) is 5.60 Å². The normalized spacial score (nSPS) is 16.1. The van der Waals surface area contributed by atoms with E-state index in [0.717, 1.165) is 18.4 Å². The standard InChI is InChI=1S/C19H27N3O3/c1-19(2,3)25-18(24)22-13-9-16(10-14-22)21(4)17(23)6-5-15-7-11-20-12-8-15/h5-8,11-12,16H,9-10,13-14H2,1-4H3. The number of hydrogen-bond acceptors (Lipinski definition) is 4. The molecule has 2 heterocycles. The number of ether oxygens (including phenoxy) is 1. The lowest BCUT2D eigenvalue weighted by Crippen LogP contribution is -2.48. The van der Waals surface area contributed by atoms with Crippen LogP contribution in [0.15, 0.2) is 30.6 Å². The Bertz CT molecular complexity index is 615. The van der Waals surface area contributed by atoms with Gasteiger partial charge in [-0.2, -0.15) is 0 Å². The van der Waals surface area contributed by atoms with Crippen LogP contribution in [0.1, 0.15) is 39.2 Å². The molecule has 1 saturated heterocycles. The number of carbonyl (C=O) groups excluding carboxylic acids is 2. The van der Waals surface area contributed by atoms with Crippen molar-refractivity contribution in [2.24, 2.45) is 0 Å². The largest absolute Gasteiger partial charge is 0.444 e. The van der Waals surface area contributed by atoms with Gasteiger partial charge in [-0.15, -0.1) is 0 Å². The van der Waals surface area contributed by atoms with E-state index in [1.165, 1.54) is 0 Å². The van der Waals surface area contributed by atoms with Gasteiger partial charge in [-0.25, -0.2) is 4.79 Å². The summed E-state index contributed by atoms with van der Waals surface area (Å²) in [6.07, 6.45) is 7.99. The van der Waals surface area contributed by atoms with Crippen molar-refractivity contribution in [3.8, 4) is 0 Å². The highest BCUT2D eigenvalue weighted by Gasteiger charge is 2.29. The molecular formula is C19H27N3O3. The van der Waals surface area contributed by atoms with Crippen LogP contribution in [-0.2, 0) is 9.53 Å². The summed E-state index contributed by atoms with van der Waals surface area (Å²) in [6, 6.07) is 3.83. The lowest BCUT2D eigenvalue weighted by Gasteiger charge is -2.37. The number of hydrogen-bond donors (Lipinski definition) is 0. The zero-order chi connectivity index (χ0) is 18.4. The molecule has 136 valence electrons. The third kappa shape index (κ3) is 5.89. The molecule has 0 bridgehead atoms. The highest BCUT2D eigenvalue weighted by Crippen LogP contribution is 2.18. The lowest BCUT2D eigenvalue weighted by atomic mass is 10.0. The molecule has 25 heavy (non-hydrogen) atoms. The molecule has 0 aromatic carbocycles. The predicted octanol–water partition coefficient (Wildman–Crippen LogP) is 2.95. The van der Waals surface area contributed by atoms with Gasteiger partial charge in [0.2, 0.25) is 5.91 Å². The van der Waals surface area contributed by atoms with Crippen molar-refractivity contribution >= 4 is 18.1 Å². The molecular weight excluding hydrogens is 318 g/mol. The Morgan fingerprint density at radius 2 is 1.84 bits per heavy atom. The van der Waals surface area contributed by atoms with Crippen molar-refractivity contribution in [3.63, 3.8) is 0 Å². The molecule has 0 aliphatic carbocycles. The van der Waals surface area contributed by atoms with Gasteiger partial charge >= 0.3 is 6.09 Å². The van der Waals surface area contributed by atoms with Crippen LogP contribution in [0, 0.1) is 0 Å². The molecule has 0 N–H and O–H groups in total. The highest BCUT2D eigenvalue weighted by atomic mass is 16.6. The van der Waals surface area contributed by atoms with Crippen molar-refractivity contribution in [2.75, 3.05) is 20.1 Å². The number of piperidine rings is 1. The van der Waals surface area contributed by atoms with Crippen molar-refractivity contribution in [2.45, 2.75) is 45.3 Å². The fourth-order valence-electron chi connectivity index (χ4n) is 2.70. The minimum absolute atomic E-state index is 0.0347. The number of amides is 2. The van der Waals surface area contributed by atoms with Crippen LogP contribution in [0.4, 0.5) is 4.79 Å². The summed E-state index contributed by atoms with van der Waals surface area (Å²) in [5, 5.41) is 0. The van der Waals surface area contributed by atoms with E-state index in [2.05, 4.69) is 4.98 Å². The van der Waals surface area contributed by atoms with Gasteiger partial charge in [0.25, 0.3) is 0 Å². The van der Waals surface area contributed by atoms with Crippen LogP contribution in [0.3, 0.4) is 0 Å². The third-order valence-corrected chi connectivity index (χ3v) is 4.14. The average molecular weight is 345 g/mol. The van der Waals surface area contributed by atoms with Crippen LogP contribution in [-0.4, -0.2) is 58.6 Å². The monoisotopic (exact) mass is 345 g/mol. The SMILES string of the molecule is CN(C(=O)C=Cc1ccncc1)C1CCN(C(=O)OC(C)(C)C)CC1. The van der Waals surface area contributed by atoms with Crippen molar-refractivity contribution in [3.05, 3.63) is 36.2 Å². The number of likely N-dealkylation sites (N-methyl/N-ethyl adjacent to an activating group) is 1. The fourth-order valence-corrected chi connectivity index (χ4v) is 2.70. The molecule has 0 saturated carbocycles. The van der Waals surface area contributed by atoms with E-state index in [-0.39, 0.29) is 18.0 Å². The topological polar surface area (TPSA) is 62.7 Å². The van der Waals surface area contributed by atoms with Gasteiger partial charge in [-0.3, -0.25) is 9.78 Å². The van der Waals surface area contributed by atoms with Gasteiger partial charge in [0.15, 0.2) is 0 Å². The number of rotatable bonds is 3. The summed E-state index contributed by atoms with van der Waals surface area (Å²) in [7, 11) is 1.81. The zero-order valence-electron chi connectivity index (χ0n) is 15.4. The summed E-state index contributed by atoms with van der Waals surface area (Å²) in [4.78, 5) is 31.8. The second kappa shape index (κ2) is 8.14. The molecule has 1 aromatic rings. The molecule has 0 spiro atoms. The van der Waals surface area contributed by atoms with E-state index in [0.29, 0.717) is 13.1 Å². The van der Waals surface area contributed by atoms with Gasteiger partial charge < -0.3 is 14.5 Å². The number of pyridine rings is 1. The molecule has 1 aromatic heterocycles. The van der Waals surface area contributed by atoms with Crippen molar-refractivity contribution in [1.82, 2.24) is 14.8 Å². The second-order valence-corrected chi connectivity index (χ2v) is 7.26. The Morgan fingerprint density at radius 3 is 2.40 bits per heavy atom. The smallest absolute Gasteiger partial charge is 0.410 e. The summed E-state index contributed by atoms with van der Waals surface area (Å²) in [6.45, 7) is 6.79. The Morgan fingerprint density at radius 1 is 1.24 bits per heavy atom. The van der Waals surface area contributed by atoms with E-state index in [9.17, 15) is 9.59 Å². The van der Waals surface area contributed by atoms with Gasteiger partial charge in [0, 0.05) is 44.6 Å². The maximum Gasteiger partial charge on any atom is 0.410 e. The molecule has 0 atom stereocenters. The molecule has 1 aliphatic rings. The van der Waals surface area contributed by atoms with Crippen molar-refractivity contribution in [1.29, 1.82) is 0 Å². The van der Waals surface area contributed by atoms with Crippen molar-refractivity contribution < 1.29 is 14.3 Å². The molecule has 1 aliphatic heterocycles. The van der Waals surface area contributed by atoms with E-state index in [1.807, 2.05) is 40.0 Å². The maximum absolute atomic E-state index is 12.3. The number of likely N-dealkylation sites (tertiary alicyclic amines) is 1. The summed E-state index contributed by atoms with van der Waals surface area (Å²) < 4.78 is 5.40. The number of carbonyl (C=O) groups is 2. The quantitative estimate of drug-likeness (QED) is 0.790. The van der Waals surface area contributed by atoms with Crippen LogP contribution in [0.5, 0.6) is 0 Å². The summed E-state index contributed by atoms with van der Waals surface area (Å²) >= 11 is 0. The van der Waals surface area contributed by atoms with Crippen LogP contribution >= 0.6 is 0 Å². The Labute approximate surface area is 149 Å². The minimum atomic E-state index is -0.488. The molecule has 0 unspecified atom stereocenters. The fraction of sp³-hybridized carbons (Fsp3) is 0.526. The first-order valence-electron chi connectivity index (χ1n) is 8.59.